The maximum atomic E-state index is 8.86. The standard InChI is InChI=1S/C15H23N3/c1-3-5-9-18(10-6-4-2)15-8-7-13(12-16)11-14(15)17/h7-8,11H,3-6,9-10,17H2,1-2H3. The number of nitrogens with two attached hydrogens (primary N) is 1. The largest absolute Gasteiger partial charge is 0.397 e. The van der Waals surface area contributed by atoms with E-state index in [9.17, 15) is 0 Å². The lowest BCUT2D eigenvalue weighted by Crippen LogP contribution is -2.26. The Morgan fingerprint density at radius 1 is 1.17 bits per heavy atom. The molecule has 1 aromatic carbocycles. The van der Waals surface area contributed by atoms with Crippen LogP contribution in [-0.2, 0) is 0 Å². The van der Waals surface area contributed by atoms with Gasteiger partial charge in [0.15, 0.2) is 0 Å². The molecular weight excluding hydrogens is 222 g/mol. The predicted molar refractivity (Wildman–Crippen MR) is 77.6 cm³/mol. The molecule has 0 aliphatic heterocycles. The topological polar surface area (TPSA) is 53.0 Å². The first-order valence-corrected chi connectivity index (χ1v) is 6.77. The molecule has 0 heterocycles. The van der Waals surface area contributed by atoms with Crippen molar-refractivity contribution in [2.24, 2.45) is 0 Å². The van der Waals surface area contributed by atoms with E-state index in [4.69, 9.17) is 11.0 Å². The van der Waals surface area contributed by atoms with E-state index in [2.05, 4.69) is 24.8 Å². The van der Waals surface area contributed by atoms with Gasteiger partial charge in [0.2, 0.25) is 0 Å². The zero-order valence-corrected chi connectivity index (χ0v) is 11.4. The minimum Gasteiger partial charge on any atom is -0.397 e. The van der Waals surface area contributed by atoms with Gasteiger partial charge >= 0.3 is 0 Å². The molecule has 0 radical (unpaired) electrons. The molecule has 3 heteroatoms. The molecule has 0 aliphatic carbocycles. The molecule has 0 atom stereocenters. The molecule has 0 amide bonds. The van der Waals surface area contributed by atoms with Crippen LogP contribution in [0.15, 0.2) is 18.2 Å². The zero-order chi connectivity index (χ0) is 13.4. The summed E-state index contributed by atoms with van der Waals surface area (Å²) in [5.41, 5.74) is 8.45. The van der Waals surface area contributed by atoms with Crippen LogP contribution in [0.5, 0.6) is 0 Å². The Bertz CT molecular complexity index is 399. The molecule has 0 unspecified atom stereocenters. The van der Waals surface area contributed by atoms with E-state index < -0.39 is 0 Å². The number of hydrogen-bond acceptors (Lipinski definition) is 3. The second-order valence-electron chi connectivity index (χ2n) is 4.58. The Labute approximate surface area is 110 Å². The number of hydrogen-bond donors (Lipinski definition) is 1. The third kappa shape index (κ3) is 3.96. The van der Waals surface area contributed by atoms with E-state index in [0.29, 0.717) is 11.3 Å². The number of nitrogens with zero attached hydrogens (tertiary/aromatic N) is 2. The number of nitrogen functional groups attached to an aromatic ring is 1. The first-order valence-electron chi connectivity index (χ1n) is 6.77. The molecule has 2 N–H and O–H groups in total. The monoisotopic (exact) mass is 245 g/mol. The summed E-state index contributed by atoms with van der Waals surface area (Å²) in [5.74, 6) is 0. The van der Waals surface area contributed by atoms with Gasteiger partial charge in [-0.3, -0.25) is 0 Å². The fraction of sp³-hybridized carbons (Fsp3) is 0.533. The van der Waals surface area contributed by atoms with Crippen molar-refractivity contribution in [1.29, 1.82) is 5.26 Å². The van der Waals surface area contributed by atoms with E-state index in [1.165, 1.54) is 25.7 Å². The quantitative estimate of drug-likeness (QED) is 0.747. The van der Waals surface area contributed by atoms with Crippen molar-refractivity contribution in [2.75, 3.05) is 23.7 Å². The van der Waals surface area contributed by atoms with Crippen LogP contribution < -0.4 is 10.6 Å². The molecule has 1 rings (SSSR count). The normalized spacial score (nSPS) is 10.1. The molecule has 0 fully saturated rings. The number of rotatable bonds is 7. The summed E-state index contributed by atoms with van der Waals surface area (Å²) in [6, 6.07) is 7.70. The molecule has 0 spiro atoms. The lowest BCUT2D eigenvalue weighted by atomic mass is 10.1. The van der Waals surface area contributed by atoms with Crippen molar-refractivity contribution < 1.29 is 0 Å². The van der Waals surface area contributed by atoms with Gasteiger partial charge in [0.05, 0.1) is 23.0 Å². The van der Waals surface area contributed by atoms with Crippen LogP contribution in [0, 0.1) is 11.3 Å². The second-order valence-corrected chi connectivity index (χ2v) is 4.58. The van der Waals surface area contributed by atoms with Crippen LogP contribution in [0.4, 0.5) is 11.4 Å². The Kier molecular flexibility index (Phi) is 6.07. The lowest BCUT2D eigenvalue weighted by molar-refractivity contribution is 0.678. The van der Waals surface area contributed by atoms with Gasteiger partial charge in [-0.2, -0.15) is 5.26 Å². The van der Waals surface area contributed by atoms with Gasteiger partial charge in [0, 0.05) is 13.1 Å². The highest BCUT2D eigenvalue weighted by Gasteiger charge is 2.09. The summed E-state index contributed by atoms with van der Waals surface area (Å²) in [4.78, 5) is 2.34. The minimum atomic E-state index is 0.627. The van der Waals surface area contributed by atoms with E-state index >= 15 is 0 Å². The average molecular weight is 245 g/mol. The first-order chi connectivity index (χ1) is 8.72. The highest BCUT2D eigenvalue weighted by molar-refractivity contribution is 5.69. The smallest absolute Gasteiger partial charge is 0.0992 e. The van der Waals surface area contributed by atoms with Crippen molar-refractivity contribution in [1.82, 2.24) is 0 Å². The SMILES string of the molecule is CCCCN(CCCC)c1ccc(C#N)cc1N. The van der Waals surface area contributed by atoms with Crippen LogP contribution in [0.25, 0.3) is 0 Å². The fourth-order valence-corrected chi connectivity index (χ4v) is 1.96. The highest BCUT2D eigenvalue weighted by atomic mass is 15.1. The van der Waals surface area contributed by atoms with Crippen LogP contribution in [0.3, 0.4) is 0 Å². The van der Waals surface area contributed by atoms with Gasteiger partial charge in [-0.05, 0) is 31.0 Å². The van der Waals surface area contributed by atoms with Crippen LogP contribution in [0.1, 0.15) is 45.1 Å². The third-order valence-corrected chi connectivity index (χ3v) is 3.06. The molecule has 98 valence electrons. The molecule has 0 bridgehead atoms. The van der Waals surface area contributed by atoms with Crippen LogP contribution >= 0.6 is 0 Å². The molecule has 0 aliphatic rings. The molecule has 0 saturated carbocycles. The second kappa shape index (κ2) is 7.60. The molecule has 18 heavy (non-hydrogen) atoms. The van der Waals surface area contributed by atoms with E-state index in [1.54, 1.807) is 6.07 Å². The fourth-order valence-electron chi connectivity index (χ4n) is 1.96. The maximum Gasteiger partial charge on any atom is 0.0992 e. The van der Waals surface area contributed by atoms with Crippen molar-refractivity contribution in [3.8, 4) is 6.07 Å². The molecule has 1 aromatic rings. The van der Waals surface area contributed by atoms with Gasteiger partial charge in [0.1, 0.15) is 0 Å². The Hall–Kier alpha value is -1.69. The summed E-state index contributed by atoms with van der Waals surface area (Å²) in [6.07, 6.45) is 4.70. The van der Waals surface area contributed by atoms with Crippen LogP contribution in [0.2, 0.25) is 0 Å². The predicted octanol–water partition coefficient (Wildman–Crippen LogP) is 3.55. The number of nitriles is 1. The number of benzene rings is 1. The molecule has 3 nitrogen and oxygen atoms in total. The van der Waals surface area contributed by atoms with Gasteiger partial charge < -0.3 is 10.6 Å². The lowest BCUT2D eigenvalue weighted by Gasteiger charge is -2.26. The summed E-state index contributed by atoms with van der Waals surface area (Å²) < 4.78 is 0. The van der Waals surface area contributed by atoms with E-state index in [0.717, 1.165) is 18.8 Å². The van der Waals surface area contributed by atoms with Crippen molar-refractivity contribution in [2.45, 2.75) is 39.5 Å². The summed E-state index contributed by atoms with van der Waals surface area (Å²) in [5, 5.41) is 8.86. The molecule has 0 saturated heterocycles. The van der Waals surface area contributed by atoms with Gasteiger partial charge in [0.25, 0.3) is 0 Å². The molecular formula is C15H23N3. The van der Waals surface area contributed by atoms with Gasteiger partial charge in [-0.15, -0.1) is 0 Å². The zero-order valence-electron chi connectivity index (χ0n) is 11.4. The number of unbranched alkanes of at least 4 members (excludes halogenated alkanes) is 2. The number of anilines is 2. The van der Waals surface area contributed by atoms with Crippen molar-refractivity contribution in [3.05, 3.63) is 23.8 Å². The van der Waals surface area contributed by atoms with E-state index in [1.807, 2.05) is 12.1 Å². The minimum absolute atomic E-state index is 0.627. The Balaban J connectivity index is 2.86. The van der Waals surface area contributed by atoms with Gasteiger partial charge in [-0.1, -0.05) is 26.7 Å². The molecule has 0 aromatic heterocycles. The summed E-state index contributed by atoms with van der Waals surface area (Å²) in [7, 11) is 0. The van der Waals surface area contributed by atoms with E-state index in [-0.39, 0.29) is 0 Å². The van der Waals surface area contributed by atoms with Gasteiger partial charge in [-0.25, -0.2) is 0 Å². The van der Waals surface area contributed by atoms with Crippen molar-refractivity contribution in [3.63, 3.8) is 0 Å². The van der Waals surface area contributed by atoms with Crippen LogP contribution in [-0.4, -0.2) is 13.1 Å². The summed E-state index contributed by atoms with van der Waals surface area (Å²) in [6.45, 7) is 6.46. The Morgan fingerprint density at radius 3 is 2.22 bits per heavy atom. The maximum absolute atomic E-state index is 8.86. The summed E-state index contributed by atoms with van der Waals surface area (Å²) >= 11 is 0. The highest BCUT2D eigenvalue weighted by Crippen LogP contribution is 2.25. The van der Waals surface area contributed by atoms with Crippen molar-refractivity contribution >= 4 is 11.4 Å². The Morgan fingerprint density at radius 2 is 1.78 bits per heavy atom. The average Bonchev–Trinajstić information content (AvgIpc) is 2.39. The first kappa shape index (κ1) is 14.4. The third-order valence-electron chi connectivity index (χ3n) is 3.06.